The fourth-order valence-electron chi connectivity index (χ4n) is 4.11. The number of hydrogen-bond acceptors (Lipinski definition) is 2. The van der Waals surface area contributed by atoms with Gasteiger partial charge in [-0.1, -0.05) is 48.5 Å². The van der Waals surface area contributed by atoms with Gasteiger partial charge in [-0.15, -0.1) is 0 Å². The number of benzene rings is 2. The van der Waals surface area contributed by atoms with Crippen molar-refractivity contribution in [3.8, 4) is 0 Å². The molecule has 4 heteroatoms. The summed E-state index contributed by atoms with van der Waals surface area (Å²) >= 11 is 0. The second-order valence-corrected chi connectivity index (χ2v) is 7.30. The Balaban J connectivity index is 1.44. The lowest BCUT2D eigenvalue weighted by atomic mass is 9.91. The number of rotatable bonds is 4. The van der Waals surface area contributed by atoms with E-state index in [0.29, 0.717) is 19.3 Å². The van der Waals surface area contributed by atoms with E-state index in [1.54, 1.807) is 0 Å². The third kappa shape index (κ3) is 3.64. The smallest absolute Gasteiger partial charge is 0.224 e. The minimum absolute atomic E-state index is 0.0185. The summed E-state index contributed by atoms with van der Waals surface area (Å²) in [5.41, 5.74) is 4.92. The van der Waals surface area contributed by atoms with Crippen LogP contribution in [0.1, 0.15) is 47.6 Å². The minimum atomic E-state index is -0.165. The van der Waals surface area contributed by atoms with Crippen molar-refractivity contribution in [2.24, 2.45) is 0 Å². The van der Waals surface area contributed by atoms with Gasteiger partial charge in [0.15, 0.2) is 0 Å². The topological polar surface area (TPSA) is 58.2 Å². The Morgan fingerprint density at radius 1 is 1.04 bits per heavy atom. The molecular formula is C22H24N2O2. The van der Waals surface area contributed by atoms with Crippen LogP contribution in [-0.2, 0) is 28.9 Å². The Morgan fingerprint density at radius 3 is 2.69 bits per heavy atom. The van der Waals surface area contributed by atoms with Crippen molar-refractivity contribution in [1.82, 2.24) is 10.6 Å². The van der Waals surface area contributed by atoms with E-state index >= 15 is 0 Å². The first kappa shape index (κ1) is 16.8. The fraction of sp³-hybridized carbons (Fsp3) is 0.364. The van der Waals surface area contributed by atoms with Crippen molar-refractivity contribution in [3.63, 3.8) is 0 Å². The number of amides is 2. The van der Waals surface area contributed by atoms with E-state index in [-0.39, 0.29) is 23.9 Å². The van der Waals surface area contributed by atoms with Gasteiger partial charge in [-0.2, -0.15) is 0 Å². The molecule has 0 saturated carbocycles. The maximum atomic E-state index is 12.6. The van der Waals surface area contributed by atoms with Crippen LogP contribution in [0.5, 0.6) is 0 Å². The second kappa shape index (κ2) is 7.32. The lowest BCUT2D eigenvalue weighted by Gasteiger charge is -2.33. The third-order valence-electron chi connectivity index (χ3n) is 5.43. The molecule has 2 amide bonds. The van der Waals surface area contributed by atoms with Crippen LogP contribution in [0, 0.1) is 0 Å². The zero-order valence-electron chi connectivity index (χ0n) is 14.8. The van der Waals surface area contributed by atoms with Crippen LogP contribution in [0.4, 0.5) is 0 Å². The standard InChI is InChI=1S/C22H24N2O2/c25-20-12-11-19(22(24-20)17-5-2-1-3-6-17)23-21(26)14-15-9-10-16-7-4-8-18(16)13-15/h1-3,5-6,9-10,13,19,22H,4,7-8,11-12,14H2,(H,23,26)(H,24,25). The molecule has 0 bridgehead atoms. The van der Waals surface area contributed by atoms with Gasteiger partial charge in [-0.25, -0.2) is 0 Å². The van der Waals surface area contributed by atoms with Crippen LogP contribution in [0.3, 0.4) is 0 Å². The Labute approximate surface area is 154 Å². The quantitative estimate of drug-likeness (QED) is 0.893. The normalized spacial score (nSPS) is 21.8. The van der Waals surface area contributed by atoms with Gasteiger partial charge >= 0.3 is 0 Å². The average Bonchev–Trinajstić information content (AvgIpc) is 3.11. The van der Waals surface area contributed by atoms with E-state index in [9.17, 15) is 9.59 Å². The molecule has 2 unspecified atom stereocenters. The molecule has 2 aromatic carbocycles. The molecule has 2 aliphatic rings. The largest absolute Gasteiger partial charge is 0.351 e. The molecule has 0 aromatic heterocycles. The minimum Gasteiger partial charge on any atom is -0.351 e. The summed E-state index contributed by atoms with van der Waals surface area (Å²) in [6, 6.07) is 16.0. The molecule has 1 fully saturated rings. The zero-order valence-corrected chi connectivity index (χ0v) is 14.8. The highest BCUT2D eigenvalue weighted by atomic mass is 16.2. The number of carbonyl (C=O) groups excluding carboxylic acids is 2. The molecule has 4 nitrogen and oxygen atoms in total. The van der Waals surface area contributed by atoms with Crippen LogP contribution in [0.2, 0.25) is 0 Å². The van der Waals surface area contributed by atoms with Gasteiger partial charge in [0.1, 0.15) is 0 Å². The summed E-state index contributed by atoms with van der Waals surface area (Å²) in [5.74, 6) is 0.0630. The molecule has 134 valence electrons. The van der Waals surface area contributed by atoms with E-state index in [1.165, 1.54) is 17.5 Å². The zero-order chi connectivity index (χ0) is 17.9. The van der Waals surface area contributed by atoms with Gasteiger partial charge in [0.2, 0.25) is 11.8 Å². The predicted octanol–water partition coefficient (Wildman–Crippen LogP) is 2.85. The molecule has 1 aliphatic carbocycles. The highest BCUT2D eigenvalue weighted by Gasteiger charge is 2.30. The molecule has 1 heterocycles. The van der Waals surface area contributed by atoms with Crippen molar-refractivity contribution >= 4 is 11.8 Å². The van der Waals surface area contributed by atoms with Crippen molar-refractivity contribution in [2.45, 2.75) is 50.6 Å². The Hall–Kier alpha value is -2.62. The number of nitrogens with one attached hydrogen (secondary N) is 2. The van der Waals surface area contributed by atoms with E-state index in [2.05, 4.69) is 28.8 Å². The van der Waals surface area contributed by atoms with Gasteiger partial charge in [0, 0.05) is 6.42 Å². The van der Waals surface area contributed by atoms with Gasteiger partial charge in [-0.05, 0) is 47.9 Å². The predicted molar refractivity (Wildman–Crippen MR) is 101 cm³/mol. The molecular weight excluding hydrogens is 324 g/mol. The van der Waals surface area contributed by atoms with Gasteiger partial charge in [0.05, 0.1) is 18.5 Å². The maximum absolute atomic E-state index is 12.6. The lowest BCUT2D eigenvalue weighted by molar-refractivity contribution is -0.126. The fourth-order valence-corrected chi connectivity index (χ4v) is 4.11. The number of aryl methyl sites for hydroxylation is 2. The van der Waals surface area contributed by atoms with Crippen molar-refractivity contribution in [3.05, 3.63) is 70.8 Å². The summed E-state index contributed by atoms with van der Waals surface area (Å²) in [6.07, 6.45) is 5.00. The Kier molecular flexibility index (Phi) is 4.74. The molecule has 0 radical (unpaired) electrons. The van der Waals surface area contributed by atoms with Crippen molar-refractivity contribution in [2.75, 3.05) is 0 Å². The summed E-state index contributed by atoms with van der Waals surface area (Å²) < 4.78 is 0. The molecule has 0 spiro atoms. The summed E-state index contributed by atoms with van der Waals surface area (Å²) in [4.78, 5) is 24.5. The Bertz CT molecular complexity index is 816. The number of fused-ring (bicyclic) bond motifs is 1. The Morgan fingerprint density at radius 2 is 1.85 bits per heavy atom. The van der Waals surface area contributed by atoms with Crippen molar-refractivity contribution < 1.29 is 9.59 Å². The van der Waals surface area contributed by atoms with E-state index < -0.39 is 0 Å². The number of carbonyl (C=O) groups is 2. The molecule has 2 atom stereocenters. The van der Waals surface area contributed by atoms with Crippen molar-refractivity contribution in [1.29, 1.82) is 0 Å². The first-order valence-electron chi connectivity index (χ1n) is 9.43. The monoisotopic (exact) mass is 348 g/mol. The van der Waals surface area contributed by atoms with E-state index in [1.807, 2.05) is 30.3 Å². The van der Waals surface area contributed by atoms with Crippen LogP contribution in [0.25, 0.3) is 0 Å². The maximum Gasteiger partial charge on any atom is 0.224 e. The first-order chi connectivity index (χ1) is 12.7. The summed E-state index contributed by atoms with van der Waals surface area (Å²) in [7, 11) is 0. The number of hydrogen-bond donors (Lipinski definition) is 2. The second-order valence-electron chi connectivity index (χ2n) is 7.30. The van der Waals surface area contributed by atoms with Gasteiger partial charge in [-0.3, -0.25) is 9.59 Å². The summed E-state index contributed by atoms with van der Waals surface area (Å²) in [5, 5.41) is 6.18. The molecule has 1 aliphatic heterocycles. The molecule has 2 N–H and O–H groups in total. The lowest BCUT2D eigenvalue weighted by Crippen LogP contribution is -2.50. The van der Waals surface area contributed by atoms with Crippen LogP contribution in [0.15, 0.2) is 48.5 Å². The van der Waals surface area contributed by atoms with E-state index in [0.717, 1.165) is 24.0 Å². The third-order valence-corrected chi connectivity index (χ3v) is 5.43. The van der Waals surface area contributed by atoms with Crippen LogP contribution >= 0.6 is 0 Å². The summed E-state index contributed by atoms with van der Waals surface area (Å²) in [6.45, 7) is 0. The van der Waals surface area contributed by atoms with Gasteiger partial charge < -0.3 is 10.6 Å². The average molecular weight is 348 g/mol. The highest BCUT2D eigenvalue weighted by molar-refractivity contribution is 5.81. The van der Waals surface area contributed by atoms with E-state index in [4.69, 9.17) is 0 Å². The highest BCUT2D eigenvalue weighted by Crippen LogP contribution is 2.25. The van der Waals surface area contributed by atoms with Gasteiger partial charge in [0.25, 0.3) is 0 Å². The van der Waals surface area contributed by atoms with Crippen LogP contribution < -0.4 is 10.6 Å². The molecule has 4 rings (SSSR count). The molecule has 1 saturated heterocycles. The SMILES string of the molecule is O=C(Cc1ccc2c(c1)CCC2)NC1CCC(=O)NC1c1ccccc1. The number of piperidine rings is 1. The van der Waals surface area contributed by atoms with Crippen LogP contribution in [-0.4, -0.2) is 17.9 Å². The molecule has 2 aromatic rings. The first-order valence-corrected chi connectivity index (χ1v) is 9.43. The molecule has 26 heavy (non-hydrogen) atoms.